The van der Waals surface area contributed by atoms with E-state index in [0.29, 0.717) is 11.4 Å². The van der Waals surface area contributed by atoms with Crippen molar-refractivity contribution in [1.82, 2.24) is 9.78 Å². The predicted octanol–water partition coefficient (Wildman–Crippen LogP) is 6.09. The van der Waals surface area contributed by atoms with Gasteiger partial charge < -0.3 is 4.74 Å². The van der Waals surface area contributed by atoms with Gasteiger partial charge in [0.05, 0.1) is 34.9 Å². The van der Waals surface area contributed by atoms with Crippen LogP contribution in [0.4, 0.5) is 5.69 Å². The molecule has 182 valence electrons. The number of hydrogen-bond donors (Lipinski definition) is 0. The molecule has 6 nitrogen and oxygen atoms in total. The number of fused-ring (bicyclic) bond motifs is 6. The summed E-state index contributed by atoms with van der Waals surface area (Å²) in [6.45, 7) is 0. The molecule has 0 amide bonds. The molecule has 0 radical (unpaired) electrons. The van der Waals surface area contributed by atoms with Gasteiger partial charge in [0.2, 0.25) is 0 Å². The molecule has 5 aromatic rings. The molecule has 0 fully saturated rings. The SMILES string of the molecule is COc1cc2c(c(-n3cc4ccccc4n3)c1)[C@H]1C=Cc3ccccc3[C@H]1N2S(=O)(=O)c1ccccc1. The topological polar surface area (TPSA) is 64.4 Å². The summed E-state index contributed by atoms with van der Waals surface area (Å²) in [6, 6.07) is 27.9. The molecule has 1 aliphatic heterocycles. The Morgan fingerprint density at radius 3 is 2.41 bits per heavy atom. The number of methoxy groups -OCH3 is 1. The van der Waals surface area contributed by atoms with Crippen LogP contribution >= 0.6 is 0 Å². The van der Waals surface area contributed by atoms with Gasteiger partial charge in [-0.2, -0.15) is 5.10 Å². The molecule has 7 rings (SSSR count). The van der Waals surface area contributed by atoms with Gasteiger partial charge in [0.25, 0.3) is 10.0 Å². The summed E-state index contributed by atoms with van der Waals surface area (Å²) in [7, 11) is -2.30. The van der Waals surface area contributed by atoms with E-state index in [2.05, 4.69) is 12.2 Å². The lowest BCUT2D eigenvalue weighted by Crippen LogP contribution is -2.34. The van der Waals surface area contributed by atoms with Gasteiger partial charge in [-0.15, -0.1) is 0 Å². The van der Waals surface area contributed by atoms with E-state index in [1.54, 1.807) is 35.7 Å². The van der Waals surface area contributed by atoms with E-state index < -0.39 is 16.1 Å². The summed E-state index contributed by atoms with van der Waals surface area (Å²) >= 11 is 0. The molecule has 1 aromatic heterocycles. The van der Waals surface area contributed by atoms with Crippen LogP contribution in [0, 0.1) is 0 Å². The minimum Gasteiger partial charge on any atom is -0.497 e. The van der Waals surface area contributed by atoms with E-state index in [4.69, 9.17) is 9.84 Å². The Kier molecular flexibility index (Phi) is 4.78. The minimum atomic E-state index is -3.90. The number of rotatable bonds is 4. The van der Waals surface area contributed by atoms with Crippen molar-refractivity contribution in [2.45, 2.75) is 16.9 Å². The van der Waals surface area contributed by atoms with Crippen LogP contribution in [0.1, 0.15) is 28.7 Å². The summed E-state index contributed by atoms with van der Waals surface area (Å²) < 4.78 is 37.7. The third-order valence-corrected chi connectivity index (χ3v) is 9.08. The first-order chi connectivity index (χ1) is 18.1. The Morgan fingerprint density at radius 2 is 1.59 bits per heavy atom. The van der Waals surface area contributed by atoms with Crippen LogP contribution in [0.3, 0.4) is 0 Å². The molecule has 2 aliphatic rings. The molecule has 0 bridgehead atoms. The second-order valence-electron chi connectivity index (χ2n) is 9.28. The molecule has 0 N–H and O–H groups in total. The second-order valence-corrected chi connectivity index (χ2v) is 11.1. The Labute approximate surface area is 215 Å². The lowest BCUT2D eigenvalue weighted by atomic mass is 9.83. The predicted molar refractivity (Wildman–Crippen MR) is 145 cm³/mol. The van der Waals surface area contributed by atoms with Gasteiger partial charge in [0, 0.05) is 35.2 Å². The van der Waals surface area contributed by atoms with Crippen molar-refractivity contribution >= 4 is 32.7 Å². The summed E-state index contributed by atoms with van der Waals surface area (Å²) in [5.74, 6) is 0.370. The average Bonchev–Trinajstić information content (AvgIpc) is 3.53. The fourth-order valence-electron chi connectivity index (χ4n) is 5.62. The van der Waals surface area contributed by atoms with Crippen molar-refractivity contribution in [3.63, 3.8) is 0 Å². The van der Waals surface area contributed by atoms with Crippen molar-refractivity contribution in [1.29, 1.82) is 0 Å². The van der Waals surface area contributed by atoms with Gasteiger partial charge in [0.1, 0.15) is 5.75 Å². The first kappa shape index (κ1) is 21.9. The maximum atomic E-state index is 14.3. The van der Waals surface area contributed by atoms with Gasteiger partial charge in [0.15, 0.2) is 0 Å². The number of benzene rings is 4. The van der Waals surface area contributed by atoms with Crippen LogP contribution in [-0.4, -0.2) is 25.3 Å². The van der Waals surface area contributed by atoms with Crippen molar-refractivity contribution < 1.29 is 13.2 Å². The highest BCUT2D eigenvalue weighted by molar-refractivity contribution is 7.92. The van der Waals surface area contributed by atoms with E-state index in [0.717, 1.165) is 33.3 Å². The van der Waals surface area contributed by atoms with Gasteiger partial charge in [-0.25, -0.2) is 13.1 Å². The first-order valence-electron chi connectivity index (χ1n) is 12.1. The number of aromatic nitrogens is 2. The van der Waals surface area contributed by atoms with E-state index in [9.17, 15) is 8.42 Å². The maximum Gasteiger partial charge on any atom is 0.264 e. The minimum absolute atomic E-state index is 0.198. The number of hydrogen-bond acceptors (Lipinski definition) is 4. The molecular formula is C30H23N3O3S. The molecule has 0 saturated carbocycles. The molecule has 0 saturated heterocycles. The van der Waals surface area contributed by atoms with Crippen molar-refractivity contribution in [2.75, 3.05) is 11.4 Å². The standard InChI is InChI=1S/C30H23N3O3S/c1-36-22-17-27(32-19-21-10-6-8-14-26(21)31-32)29-25-16-15-20-9-5-7-13-24(20)30(25)33(28(29)18-22)37(34,35)23-11-3-2-4-12-23/h2-19,25,30H,1H3/t25-,30-/m1/s1. The average molecular weight is 506 g/mol. The molecule has 2 atom stereocenters. The normalized spacial score (nSPS) is 17.9. The Hall–Kier alpha value is -4.36. The van der Waals surface area contributed by atoms with E-state index in [1.165, 1.54) is 0 Å². The Balaban J connectivity index is 1.54. The van der Waals surface area contributed by atoms with Crippen LogP contribution < -0.4 is 9.04 Å². The lowest BCUT2D eigenvalue weighted by Gasteiger charge is -2.32. The summed E-state index contributed by atoms with van der Waals surface area (Å²) in [6.07, 6.45) is 6.19. The van der Waals surface area contributed by atoms with Gasteiger partial charge in [-0.1, -0.05) is 72.8 Å². The zero-order valence-electron chi connectivity index (χ0n) is 20.0. The second kappa shape index (κ2) is 8.08. The van der Waals surface area contributed by atoms with E-state index >= 15 is 0 Å². The molecule has 0 unspecified atom stereocenters. The molecule has 1 aliphatic carbocycles. The molecule has 0 spiro atoms. The largest absolute Gasteiger partial charge is 0.497 e. The van der Waals surface area contributed by atoms with Crippen LogP contribution in [0.5, 0.6) is 5.75 Å². The molecule has 2 heterocycles. The van der Waals surface area contributed by atoms with E-state index in [-0.39, 0.29) is 10.8 Å². The molecule has 7 heteroatoms. The third kappa shape index (κ3) is 3.24. The number of anilines is 1. The third-order valence-electron chi connectivity index (χ3n) is 7.27. The van der Waals surface area contributed by atoms with Gasteiger partial charge in [-0.05, 0) is 29.3 Å². The number of ether oxygens (including phenoxy) is 1. The first-order valence-corrected chi connectivity index (χ1v) is 13.5. The van der Waals surface area contributed by atoms with Crippen LogP contribution in [0.15, 0.2) is 108 Å². The van der Waals surface area contributed by atoms with E-state index in [1.807, 2.05) is 77.6 Å². The van der Waals surface area contributed by atoms with Crippen LogP contribution in [0.25, 0.3) is 22.7 Å². The zero-order chi connectivity index (χ0) is 25.1. The van der Waals surface area contributed by atoms with Crippen molar-refractivity contribution in [3.8, 4) is 11.4 Å². The van der Waals surface area contributed by atoms with Gasteiger partial charge in [-0.3, -0.25) is 4.31 Å². The fraction of sp³-hybridized carbons (Fsp3) is 0.100. The molecular weight excluding hydrogens is 482 g/mol. The highest BCUT2D eigenvalue weighted by atomic mass is 32.2. The fourth-order valence-corrected chi connectivity index (χ4v) is 7.30. The molecule has 4 aromatic carbocycles. The highest BCUT2D eigenvalue weighted by Crippen LogP contribution is 2.57. The summed E-state index contributed by atoms with van der Waals surface area (Å²) in [5, 5.41) is 5.84. The van der Waals surface area contributed by atoms with Crippen LogP contribution in [0.2, 0.25) is 0 Å². The Bertz CT molecular complexity index is 1780. The maximum absolute atomic E-state index is 14.3. The zero-order valence-corrected chi connectivity index (χ0v) is 20.8. The van der Waals surface area contributed by atoms with Crippen LogP contribution in [-0.2, 0) is 10.0 Å². The summed E-state index contributed by atoms with van der Waals surface area (Å²) in [5.41, 5.74) is 5.17. The highest BCUT2D eigenvalue weighted by Gasteiger charge is 2.48. The summed E-state index contributed by atoms with van der Waals surface area (Å²) in [4.78, 5) is 0.253. The smallest absolute Gasteiger partial charge is 0.264 e. The van der Waals surface area contributed by atoms with Gasteiger partial charge >= 0.3 is 0 Å². The number of sulfonamides is 1. The quantitative estimate of drug-likeness (QED) is 0.296. The molecule has 37 heavy (non-hydrogen) atoms. The van der Waals surface area contributed by atoms with Crippen molar-refractivity contribution in [2.24, 2.45) is 0 Å². The van der Waals surface area contributed by atoms with Crippen molar-refractivity contribution in [3.05, 3.63) is 120 Å². The monoisotopic (exact) mass is 505 g/mol. The lowest BCUT2D eigenvalue weighted by molar-refractivity contribution is 0.414. The Morgan fingerprint density at radius 1 is 0.865 bits per heavy atom. The number of nitrogens with zero attached hydrogens (tertiary/aromatic N) is 3.